The van der Waals surface area contributed by atoms with Gasteiger partial charge in [-0.05, 0) is 19.3 Å². The summed E-state index contributed by atoms with van der Waals surface area (Å²) < 4.78 is 43.6. The number of alkyl halides is 3. The number of benzene rings is 1. The van der Waals surface area contributed by atoms with Crippen molar-refractivity contribution in [1.82, 2.24) is 0 Å². The lowest BCUT2D eigenvalue weighted by molar-refractivity contribution is -0.392. The highest BCUT2D eigenvalue weighted by Gasteiger charge is 2.38. The Labute approximate surface area is 133 Å². The van der Waals surface area contributed by atoms with E-state index < -0.39 is 38.6 Å². The first-order valence-corrected chi connectivity index (χ1v) is 6.96. The number of rotatable bonds is 5. The van der Waals surface area contributed by atoms with Gasteiger partial charge in [-0.1, -0.05) is 0 Å². The van der Waals surface area contributed by atoms with Crippen LogP contribution in [0.1, 0.15) is 24.8 Å². The number of methoxy groups -OCH3 is 1. The average molecular weight is 349 g/mol. The van der Waals surface area contributed by atoms with Crippen LogP contribution in [0, 0.1) is 20.2 Å². The summed E-state index contributed by atoms with van der Waals surface area (Å²) in [6.45, 7) is 0. The molecule has 1 fully saturated rings. The summed E-state index contributed by atoms with van der Waals surface area (Å²) >= 11 is 0. The summed E-state index contributed by atoms with van der Waals surface area (Å²) in [5.74, 6) is 0. The zero-order chi connectivity index (χ0) is 18.1. The fraction of sp³-hybridized carbons (Fsp3) is 0.538. The predicted molar refractivity (Wildman–Crippen MR) is 76.8 cm³/mol. The second kappa shape index (κ2) is 6.59. The lowest BCUT2D eigenvalue weighted by Gasteiger charge is -2.16. The second-order valence-electron chi connectivity index (χ2n) is 5.41. The van der Waals surface area contributed by atoms with Crippen molar-refractivity contribution >= 4 is 17.1 Å². The summed E-state index contributed by atoms with van der Waals surface area (Å²) in [6, 6.07) is 0.250. The first-order chi connectivity index (χ1) is 11.1. The van der Waals surface area contributed by atoms with Gasteiger partial charge >= 0.3 is 6.18 Å². The molecule has 0 radical (unpaired) electrons. The first kappa shape index (κ1) is 17.9. The molecule has 1 saturated carbocycles. The molecule has 0 saturated heterocycles. The zero-order valence-electron chi connectivity index (χ0n) is 12.5. The van der Waals surface area contributed by atoms with Crippen molar-refractivity contribution in [2.24, 2.45) is 0 Å². The van der Waals surface area contributed by atoms with E-state index >= 15 is 0 Å². The normalized spacial score (nSPS) is 20.8. The second-order valence-corrected chi connectivity index (χ2v) is 5.41. The lowest BCUT2D eigenvalue weighted by atomic mass is 10.1. The van der Waals surface area contributed by atoms with Gasteiger partial charge in [-0.25, -0.2) is 0 Å². The third-order valence-corrected chi connectivity index (χ3v) is 3.88. The Morgan fingerprint density at radius 1 is 1.17 bits per heavy atom. The monoisotopic (exact) mass is 349 g/mol. The van der Waals surface area contributed by atoms with Crippen molar-refractivity contribution in [3.63, 3.8) is 0 Å². The van der Waals surface area contributed by atoms with Gasteiger partial charge in [-0.2, -0.15) is 13.2 Å². The van der Waals surface area contributed by atoms with Crippen LogP contribution < -0.4 is 5.32 Å². The molecular weight excluding hydrogens is 335 g/mol. The molecule has 132 valence electrons. The Hall–Kier alpha value is -2.43. The first-order valence-electron chi connectivity index (χ1n) is 6.96. The van der Waals surface area contributed by atoms with Crippen molar-refractivity contribution < 1.29 is 27.8 Å². The van der Waals surface area contributed by atoms with Crippen LogP contribution in [0.2, 0.25) is 0 Å². The number of hydrogen-bond acceptors (Lipinski definition) is 6. The van der Waals surface area contributed by atoms with Gasteiger partial charge in [0.15, 0.2) is 5.69 Å². The molecule has 11 heteroatoms. The molecule has 0 aliphatic heterocycles. The molecule has 0 amide bonds. The van der Waals surface area contributed by atoms with Gasteiger partial charge in [-0.3, -0.25) is 20.2 Å². The predicted octanol–water partition coefficient (Wildman–Crippen LogP) is 3.50. The SMILES string of the molecule is COC1CCC(Nc2c([N+](=O)[O-])cc(C(F)(F)F)cc2[N+](=O)[O-])C1. The molecule has 0 spiro atoms. The van der Waals surface area contributed by atoms with E-state index in [2.05, 4.69) is 5.32 Å². The van der Waals surface area contributed by atoms with E-state index in [-0.39, 0.29) is 12.1 Å². The highest BCUT2D eigenvalue weighted by molar-refractivity contribution is 5.75. The van der Waals surface area contributed by atoms with Gasteiger partial charge in [0.25, 0.3) is 11.4 Å². The van der Waals surface area contributed by atoms with E-state index in [1.165, 1.54) is 7.11 Å². The van der Waals surface area contributed by atoms with Crippen molar-refractivity contribution in [2.75, 3.05) is 12.4 Å². The summed E-state index contributed by atoms with van der Waals surface area (Å²) in [6.07, 6.45) is -3.39. The molecule has 0 aromatic heterocycles. The maximum atomic E-state index is 12.8. The summed E-state index contributed by atoms with van der Waals surface area (Å²) in [4.78, 5) is 20.1. The maximum Gasteiger partial charge on any atom is 0.416 e. The smallest absolute Gasteiger partial charge is 0.381 e. The van der Waals surface area contributed by atoms with Gasteiger partial charge in [-0.15, -0.1) is 0 Å². The lowest BCUT2D eigenvalue weighted by Crippen LogP contribution is -2.19. The largest absolute Gasteiger partial charge is 0.416 e. The van der Waals surface area contributed by atoms with Gasteiger partial charge in [0.2, 0.25) is 0 Å². The Bertz CT molecular complexity index is 630. The minimum Gasteiger partial charge on any atom is -0.381 e. The van der Waals surface area contributed by atoms with Crippen LogP contribution in [-0.2, 0) is 10.9 Å². The topological polar surface area (TPSA) is 108 Å². The standard InChI is InChI=1S/C13H14F3N3O5/c1-24-9-3-2-8(6-9)17-12-10(18(20)21)4-7(13(14,15)16)5-11(12)19(22)23/h4-5,8-9,17H,2-3,6H2,1H3. The van der Waals surface area contributed by atoms with E-state index in [1.807, 2.05) is 0 Å². The van der Waals surface area contributed by atoms with Gasteiger partial charge < -0.3 is 10.1 Å². The van der Waals surface area contributed by atoms with Crippen LogP contribution in [0.4, 0.5) is 30.2 Å². The molecule has 0 bridgehead atoms. The number of nitrogens with one attached hydrogen (secondary N) is 1. The third kappa shape index (κ3) is 3.72. The highest BCUT2D eigenvalue weighted by atomic mass is 19.4. The van der Waals surface area contributed by atoms with Crippen LogP contribution in [-0.4, -0.2) is 29.1 Å². The van der Waals surface area contributed by atoms with Crippen LogP contribution in [0.25, 0.3) is 0 Å². The average Bonchev–Trinajstić information content (AvgIpc) is 2.93. The van der Waals surface area contributed by atoms with Crippen LogP contribution in [0.15, 0.2) is 12.1 Å². The summed E-state index contributed by atoms with van der Waals surface area (Å²) in [5.41, 5.74) is -3.90. The van der Waals surface area contributed by atoms with E-state index in [4.69, 9.17) is 4.74 Å². The summed E-state index contributed by atoms with van der Waals surface area (Å²) in [5, 5.41) is 24.9. The Kier molecular flexibility index (Phi) is 4.92. The van der Waals surface area contributed by atoms with Crippen LogP contribution in [0.3, 0.4) is 0 Å². The molecule has 8 nitrogen and oxygen atoms in total. The number of hydrogen-bond donors (Lipinski definition) is 1. The van der Waals surface area contributed by atoms with Crippen molar-refractivity contribution in [3.8, 4) is 0 Å². The molecule has 2 atom stereocenters. The molecule has 0 heterocycles. The molecule has 2 rings (SSSR count). The van der Waals surface area contributed by atoms with E-state index in [0.29, 0.717) is 31.4 Å². The Morgan fingerprint density at radius 2 is 1.71 bits per heavy atom. The summed E-state index contributed by atoms with van der Waals surface area (Å²) in [7, 11) is 1.50. The Morgan fingerprint density at radius 3 is 2.08 bits per heavy atom. The number of halogens is 3. The molecule has 24 heavy (non-hydrogen) atoms. The number of nitrogens with zero attached hydrogens (tertiary/aromatic N) is 2. The van der Waals surface area contributed by atoms with E-state index in [9.17, 15) is 33.4 Å². The maximum absolute atomic E-state index is 12.8. The zero-order valence-corrected chi connectivity index (χ0v) is 12.5. The Balaban J connectivity index is 2.48. The molecule has 1 aromatic rings. The molecule has 2 unspecified atom stereocenters. The number of nitro groups is 2. The molecule has 1 aliphatic carbocycles. The van der Waals surface area contributed by atoms with Gasteiger partial charge in [0.1, 0.15) is 0 Å². The minimum atomic E-state index is -4.93. The van der Waals surface area contributed by atoms with Crippen molar-refractivity contribution in [1.29, 1.82) is 0 Å². The van der Waals surface area contributed by atoms with Crippen LogP contribution in [0.5, 0.6) is 0 Å². The van der Waals surface area contributed by atoms with E-state index in [1.54, 1.807) is 0 Å². The van der Waals surface area contributed by atoms with Gasteiger partial charge in [0, 0.05) is 25.3 Å². The van der Waals surface area contributed by atoms with Crippen molar-refractivity contribution in [3.05, 3.63) is 37.9 Å². The number of nitro benzene ring substituents is 2. The van der Waals surface area contributed by atoms with Crippen LogP contribution >= 0.6 is 0 Å². The molecule has 1 aromatic carbocycles. The third-order valence-electron chi connectivity index (χ3n) is 3.88. The fourth-order valence-corrected chi connectivity index (χ4v) is 2.70. The number of ether oxygens (including phenoxy) is 1. The highest BCUT2D eigenvalue weighted by Crippen LogP contribution is 2.42. The molecular formula is C13H14F3N3O5. The minimum absolute atomic E-state index is 0.102. The van der Waals surface area contributed by atoms with E-state index in [0.717, 1.165) is 0 Å². The van der Waals surface area contributed by atoms with Gasteiger partial charge in [0.05, 0.1) is 21.5 Å². The fourth-order valence-electron chi connectivity index (χ4n) is 2.70. The molecule has 1 aliphatic rings. The quantitative estimate of drug-likeness (QED) is 0.644. The van der Waals surface area contributed by atoms with Crippen molar-refractivity contribution in [2.45, 2.75) is 37.6 Å². The number of anilines is 1. The molecule has 1 N–H and O–H groups in total.